The number of rotatable bonds is 4. The maximum Gasteiger partial charge on any atom is 0.397 e. The minimum atomic E-state index is -0.867. The SMILES string of the molecule is CCCCOC(=O)C(=O)Nc1ccc(Cl)cc1. The number of carbonyl (C=O) groups is 2. The van der Waals surface area contributed by atoms with Gasteiger partial charge in [-0.3, -0.25) is 4.79 Å². The maximum absolute atomic E-state index is 11.4. The van der Waals surface area contributed by atoms with Crippen LogP contribution in [-0.4, -0.2) is 18.5 Å². The number of esters is 1. The van der Waals surface area contributed by atoms with Gasteiger partial charge in [-0.15, -0.1) is 0 Å². The Morgan fingerprint density at radius 1 is 1.29 bits per heavy atom. The highest BCUT2D eigenvalue weighted by molar-refractivity contribution is 6.37. The molecule has 92 valence electrons. The van der Waals surface area contributed by atoms with Crippen LogP contribution in [0.4, 0.5) is 5.69 Å². The van der Waals surface area contributed by atoms with Crippen molar-refractivity contribution in [1.82, 2.24) is 0 Å². The Morgan fingerprint density at radius 2 is 1.94 bits per heavy atom. The van der Waals surface area contributed by atoms with Crippen molar-refractivity contribution in [3.05, 3.63) is 29.3 Å². The predicted molar refractivity (Wildman–Crippen MR) is 65.9 cm³/mol. The van der Waals surface area contributed by atoms with Gasteiger partial charge in [-0.05, 0) is 30.7 Å². The van der Waals surface area contributed by atoms with Crippen molar-refractivity contribution in [3.8, 4) is 0 Å². The Balaban J connectivity index is 2.43. The molecule has 17 heavy (non-hydrogen) atoms. The van der Waals surface area contributed by atoms with Crippen LogP contribution in [0, 0.1) is 0 Å². The molecular weight excluding hydrogens is 242 g/mol. The van der Waals surface area contributed by atoms with E-state index < -0.39 is 11.9 Å². The lowest BCUT2D eigenvalue weighted by molar-refractivity contribution is -0.152. The molecule has 0 saturated carbocycles. The van der Waals surface area contributed by atoms with E-state index in [1.807, 2.05) is 6.92 Å². The van der Waals surface area contributed by atoms with Crippen LogP contribution < -0.4 is 5.32 Å². The van der Waals surface area contributed by atoms with Crippen LogP contribution >= 0.6 is 11.6 Å². The number of benzene rings is 1. The van der Waals surface area contributed by atoms with E-state index >= 15 is 0 Å². The molecule has 0 atom stereocenters. The van der Waals surface area contributed by atoms with Gasteiger partial charge in [0, 0.05) is 10.7 Å². The Bertz CT molecular complexity index is 389. The smallest absolute Gasteiger partial charge is 0.397 e. The van der Waals surface area contributed by atoms with Gasteiger partial charge >= 0.3 is 11.9 Å². The summed E-state index contributed by atoms with van der Waals surface area (Å²) in [5, 5.41) is 2.99. The number of amides is 1. The average Bonchev–Trinajstić information content (AvgIpc) is 2.32. The van der Waals surface area contributed by atoms with Crippen LogP contribution in [0.15, 0.2) is 24.3 Å². The molecule has 1 amide bonds. The Morgan fingerprint density at radius 3 is 2.53 bits per heavy atom. The van der Waals surface area contributed by atoms with E-state index in [9.17, 15) is 9.59 Å². The summed E-state index contributed by atoms with van der Waals surface area (Å²) in [5.74, 6) is -1.64. The lowest BCUT2D eigenvalue weighted by atomic mass is 10.3. The molecule has 0 aliphatic carbocycles. The molecule has 1 rings (SSSR count). The molecule has 0 saturated heterocycles. The highest BCUT2D eigenvalue weighted by Gasteiger charge is 2.14. The van der Waals surface area contributed by atoms with E-state index in [1.165, 1.54) is 0 Å². The van der Waals surface area contributed by atoms with Gasteiger partial charge < -0.3 is 10.1 Å². The van der Waals surface area contributed by atoms with Crippen molar-refractivity contribution in [3.63, 3.8) is 0 Å². The van der Waals surface area contributed by atoms with Gasteiger partial charge in [0.05, 0.1) is 6.61 Å². The first kappa shape index (κ1) is 13.5. The number of nitrogens with one attached hydrogen (secondary N) is 1. The molecule has 1 aromatic rings. The van der Waals surface area contributed by atoms with E-state index in [4.69, 9.17) is 16.3 Å². The van der Waals surface area contributed by atoms with E-state index in [0.29, 0.717) is 10.7 Å². The maximum atomic E-state index is 11.4. The molecule has 0 fully saturated rings. The van der Waals surface area contributed by atoms with Gasteiger partial charge in [-0.2, -0.15) is 0 Å². The second kappa shape index (κ2) is 6.91. The third-order valence-corrected chi connectivity index (χ3v) is 2.27. The average molecular weight is 256 g/mol. The third kappa shape index (κ3) is 4.87. The normalized spacial score (nSPS) is 9.76. The van der Waals surface area contributed by atoms with E-state index in [-0.39, 0.29) is 6.61 Å². The Kier molecular flexibility index (Phi) is 5.49. The Hall–Kier alpha value is -1.55. The number of anilines is 1. The molecule has 0 bridgehead atoms. The van der Waals surface area contributed by atoms with E-state index in [0.717, 1.165) is 12.8 Å². The summed E-state index contributed by atoms with van der Waals surface area (Å²) in [7, 11) is 0. The molecular formula is C12H14ClNO3. The van der Waals surface area contributed by atoms with Crippen LogP contribution in [0.5, 0.6) is 0 Å². The summed E-state index contributed by atoms with van der Waals surface area (Å²) >= 11 is 5.69. The van der Waals surface area contributed by atoms with Crippen molar-refractivity contribution in [2.75, 3.05) is 11.9 Å². The molecule has 1 N–H and O–H groups in total. The number of halogens is 1. The molecule has 0 radical (unpaired) electrons. The van der Waals surface area contributed by atoms with Crippen LogP contribution in [0.25, 0.3) is 0 Å². The molecule has 1 aromatic carbocycles. The van der Waals surface area contributed by atoms with Crippen LogP contribution in [0.1, 0.15) is 19.8 Å². The van der Waals surface area contributed by atoms with Gasteiger partial charge in [0.1, 0.15) is 0 Å². The highest BCUT2D eigenvalue weighted by Crippen LogP contribution is 2.13. The lowest BCUT2D eigenvalue weighted by Gasteiger charge is -2.05. The van der Waals surface area contributed by atoms with Gasteiger partial charge in [-0.25, -0.2) is 4.79 Å². The zero-order valence-corrected chi connectivity index (χ0v) is 10.3. The van der Waals surface area contributed by atoms with Crippen molar-refractivity contribution < 1.29 is 14.3 Å². The largest absolute Gasteiger partial charge is 0.459 e. The molecule has 5 heteroatoms. The second-order valence-electron chi connectivity index (χ2n) is 3.45. The summed E-state index contributed by atoms with van der Waals surface area (Å²) in [5.41, 5.74) is 0.506. The van der Waals surface area contributed by atoms with Gasteiger partial charge in [-0.1, -0.05) is 24.9 Å². The first-order valence-corrected chi connectivity index (χ1v) is 5.75. The molecule has 4 nitrogen and oxygen atoms in total. The summed E-state index contributed by atoms with van der Waals surface area (Å²) < 4.78 is 4.76. The molecule has 0 aromatic heterocycles. The summed E-state index contributed by atoms with van der Waals surface area (Å²) in [6, 6.07) is 6.47. The standard InChI is InChI=1S/C12H14ClNO3/c1-2-3-8-17-12(16)11(15)14-10-6-4-9(13)5-7-10/h4-7H,2-3,8H2,1H3,(H,14,15). The topological polar surface area (TPSA) is 55.4 Å². The van der Waals surface area contributed by atoms with E-state index in [2.05, 4.69) is 5.32 Å². The number of carbonyl (C=O) groups excluding carboxylic acids is 2. The molecule has 0 spiro atoms. The summed E-state index contributed by atoms with van der Waals surface area (Å²) in [6.07, 6.45) is 1.66. The molecule has 0 aliphatic heterocycles. The van der Waals surface area contributed by atoms with Crippen molar-refractivity contribution >= 4 is 29.2 Å². The number of unbranched alkanes of at least 4 members (excludes halogenated alkanes) is 1. The second-order valence-corrected chi connectivity index (χ2v) is 3.89. The summed E-state index contributed by atoms with van der Waals surface area (Å²) in [6.45, 7) is 2.24. The third-order valence-electron chi connectivity index (χ3n) is 2.02. The van der Waals surface area contributed by atoms with Gasteiger partial charge in [0.2, 0.25) is 0 Å². The molecule has 0 heterocycles. The molecule has 0 unspecified atom stereocenters. The Labute approximate surface area is 105 Å². The number of hydrogen-bond donors (Lipinski definition) is 1. The number of hydrogen-bond acceptors (Lipinski definition) is 3. The van der Waals surface area contributed by atoms with Crippen LogP contribution in [0.3, 0.4) is 0 Å². The van der Waals surface area contributed by atoms with Crippen molar-refractivity contribution in [1.29, 1.82) is 0 Å². The van der Waals surface area contributed by atoms with E-state index in [1.54, 1.807) is 24.3 Å². The number of ether oxygens (including phenoxy) is 1. The fourth-order valence-electron chi connectivity index (χ4n) is 1.09. The molecule has 0 aliphatic rings. The van der Waals surface area contributed by atoms with Gasteiger partial charge in [0.15, 0.2) is 0 Å². The van der Waals surface area contributed by atoms with Gasteiger partial charge in [0.25, 0.3) is 0 Å². The lowest BCUT2D eigenvalue weighted by Crippen LogP contribution is -2.25. The van der Waals surface area contributed by atoms with Crippen molar-refractivity contribution in [2.24, 2.45) is 0 Å². The minimum absolute atomic E-state index is 0.267. The van der Waals surface area contributed by atoms with Crippen molar-refractivity contribution in [2.45, 2.75) is 19.8 Å². The zero-order chi connectivity index (χ0) is 12.7. The quantitative estimate of drug-likeness (QED) is 0.511. The zero-order valence-electron chi connectivity index (χ0n) is 9.53. The fraction of sp³-hybridized carbons (Fsp3) is 0.333. The summed E-state index contributed by atoms with van der Waals surface area (Å²) in [4.78, 5) is 22.6. The predicted octanol–water partition coefficient (Wildman–Crippen LogP) is 2.62. The van der Waals surface area contributed by atoms with Crippen LogP contribution in [0.2, 0.25) is 5.02 Å². The van der Waals surface area contributed by atoms with Crippen LogP contribution in [-0.2, 0) is 14.3 Å². The first-order chi connectivity index (χ1) is 8.13. The fourth-order valence-corrected chi connectivity index (χ4v) is 1.22. The monoisotopic (exact) mass is 255 g/mol. The minimum Gasteiger partial charge on any atom is -0.459 e. The highest BCUT2D eigenvalue weighted by atomic mass is 35.5. The first-order valence-electron chi connectivity index (χ1n) is 5.37.